The molecule has 0 fully saturated rings. The minimum atomic E-state index is -0.607. The molecule has 1 rings (SSSR count). The Kier molecular flexibility index (Phi) is 6.49. The Morgan fingerprint density at radius 2 is 2.05 bits per heavy atom. The third-order valence-electron chi connectivity index (χ3n) is 2.33. The zero-order valence-corrected chi connectivity index (χ0v) is 12.6. The van der Waals surface area contributed by atoms with Gasteiger partial charge < -0.3 is 9.47 Å². The molecule has 0 atom stereocenters. The molecule has 112 valence electrons. The van der Waals surface area contributed by atoms with Crippen molar-refractivity contribution in [2.24, 2.45) is 0 Å². The highest BCUT2D eigenvalue weighted by Crippen LogP contribution is 2.21. The number of nitrogens with zero attached hydrogens (tertiary/aromatic N) is 1. The van der Waals surface area contributed by atoms with Gasteiger partial charge in [-0.15, -0.1) is 0 Å². The molecule has 1 aromatic rings. The number of H-pyrrole nitrogens is 1. The highest BCUT2D eigenvalue weighted by molar-refractivity contribution is 7.99. The van der Waals surface area contributed by atoms with Gasteiger partial charge in [-0.05, 0) is 19.9 Å². The Bertz CT molecular complexity index is 584. The van der Waals surface area contributed by atoms with E-state index in [1.165, 1.54) is 6.07 Å². The van der Waals surface area contributed by atoms with Gasteiger partial charge in [0.1, 0.15) is 17.2 Å². The number of hydrogen-bond donors (Lipinski definition) is 1. The van der Waals surface area contributed by atoms with Crippen LogP contribution in [0.15, 0.2) is 11.1 Å². The maximum atomic E-state index is 11.7. The molecule has 0 saturated carbocycles. The van der Waals surface area contributed by atoms with Crippen molar-refractivity contribution >= 4 is 29.5 Å². The summed E-state index contributed by atoms with van der Waals surface area (Å²) in [5.74, 6) is -0.881. The van der Waals surface area contributed by atoms with E-state index < -0.39 is 11.9 Å². The van der Waals surface area contributed by atoms with E-state index in [9.17, 15) is 9.59 Å². The fourth-order valence-corrected chi connectivity index (χ4v) is 2.24. The third kappa shape index (κ3) is 4.65. The summed E-state index contributed by atoms with van der Waals surface area (Å²) in [6, 6.07) is 3.29. The number of esters is 2. The van der Waals surface area contributed by atoms with Gasteiger partial charge >= 0.3 is 11.9 Å². The number of carbonyl (C=O) groups is 2. The van der Waals surface area contributed by atoms with E-state index in [2.05, 4.69) is 4.98 Å². The molecule has 0 amide bonds. The molecule has 0 aromatic carbocycles. The van der Waals surface area contributed by atoms with Gasteiger partial charge in [0.05, 0.1) is 19.0 Å². The predicted octanol–water partition coefficient (Wildman–Crippen LogP) is 0.786. The Morgan fingerprint density at radius 1 is 1.38 bits per heavy atom. The summed E-state index contributed by atoms with van der Waals surface area (Å²) in [4.78, 5) is 25.7. The molecule has 21 heavy (non-hydrogen) atoms. The molecule has 0 bridgehead atoms. The molecule has 0 saturated heterocycles. The van der Waals surface area contributed by atoms with Gasteiger partial charge in [-0.1, -0.05) is 11.8 Å². The lowest BCUT2D eigenvalue weighted by Gasteiger charge is -2.05. The van der Waals surface area contributed by atoms with Gasteiger partial charge in [0.15, 0.2) is 5.03 Å². The van der Waals surface area contributed by atoms with Crippen molar-refractivity contribution in [2.75, 3.05) is 24.7 Å². The molecule has 0 spiro atoms. The van der Waals surface area contributed by atoms with Gasteiger partial charge in [-0.2, -0.15) is 5.26 Å². The van der Waals surface area contributed by atoms with Crippen molar-refractivity contribution in [3.63, 3.8) is 0 Å². The van der Waals surface area contributed by atoms with Crippen LogP contribution < -0.4 is 10.7 Å². The van der Waals surface area contributed by atoms with Crippen molar-refractivity contribution in [3.8, 4) is 6.07 Å². The molecular weight excluding hydrogens is 294 g/mol. The first kappa shape index (κ1) is 16.8. The lowest BCUT2D eigenvalue weighted by Crippen LogP contribution is -2.22. The lowest BCUT2D eigenvalue weighted by molar-refractivity contribution is -0.410. The number of nitrogens with two attached hydrogens (primary N) is 1. The topological polar surface area (TPSA) is 117 Å². The number of ether oxygens (including phenoxy) is 2. The molecular formula is C13H16N3O4S+. The first-order valence-corrected chi connectivity index (χ1v) is 7.23. The Labute approximate surface area is 126 Å². The number of nitriles is 1. The standard InChI is InChI=1S/C13H15N3O4S/c1-3-19-10(17)7-21-12-8(6-14)5-9(11(15)16-12)13(18)20-4-2/h5H,3-4,7H2,1-2H3,(H2,15,16)/p+1. The van der Waals surface area contributed by atoms with E-state index in [1.54, 1.807) is 13.8 Å². The number of aromatic nitrogens is 1. The molecule has 1 aromatic heterocycles. The van der Waals surface area contributed by atoms with E-state index in [1.807, 2.05) is 6.07 Å². The normalized spacial score (nSPS) is 9.76. The van der Waals surface area contributed by atoms with Crippen LogP contribution in [-0.2, 0) is 14.3 Å². The summed E-state index contributed by atoms with van der Waals surface area (Å²) in [5, 5.41) is 9.52. The van der Waals surface area contributed by atoms with E-state index in [4.69, 9.17) is 20.5 Å². The van der Waals surface area contributed by atoms with Crippen LogP contribution in [-0.4, -0.2) is 30.9 Å². The van der Waals surface area contributed by atoms with Gasteiger partial charge in [0.25, 0.3) is 5.82 Å². The zero-order chi connectivity index (χ0) is 15.8. The average molecular weight is 310 g/mol. The first-order valence-electron chi connectivity index (χ1n) is 6.24. The first-order chi connectivity index (χ1) is 10.0. The molecule has 3 N–H and O–H groups in total. The highest BCUT2D eigenvalue weighted by atomic mass is 32.2. The number of carbonyl (C=O) groups excluding carboxylic acids is 2. The number of rotatable bonds is 6. The molecule has 0 aliphatic rings. The summed E-state index contributed by atoms with van der Waals surface area (Å²) < 4.78 is 9.65. The quantitative estimate of drug-likeness (QED) is 0.609. The van der Waals surface area contributed by atoms with E-state index in [0.717, 1.165) is 11.8 Å². The number of aromatic amines is 1. The fraction of sp³-hybridized carbons (Fsp3) is 0.385. The number of hydrogen-bond acceptors (Lipinski definition) is 7. The van der Waals surface area contributed by atoms with Crippen LogP contribution in [0.25, 0.3) is 0 Å². The molecule has 0 unspecified atom stereocenters. The van der Waals surface area contributed by atoms with Gasteiger partial charge in [0.2, 0.25) is 0 Å². The van der Waals surface area contributed by atoms with E-state index >= 15 is 0 Å². The molecule has 1 heterocycles. The van der Waals surface area contributed by atoms with Crippen LogP contribution in [0, 0.1) is 11.3 Å². The predicted molar refractivity (Wildman–Crippen MR) is 75.4 cm³/mol. The Hall–Kier alpha value is -2.27. The minimum absolute atomic E-state index is 0.0389. The van der Waals surface area contributed by atoms with Crippen LogP contribution in [0.2, 0.25) is 0 Å². The van der Waals surface area contributed by atoms with Crippen LogP contribution in [0.1, 0.15) is 29.8 Å². The van der Waals surface area contributed by atoms with Gasteiger partial charge in [0, 0.05) is 0 Å². The molecule has 0 radical (unpaired) electrons. The Balaban J connectivity index is 2.97. The zero-order valence-electron chi connectivity index (χ0n) is 11.8. The second kappa shape index (κ2) is 8.11. The summed E-state index contributed by atoms with van der Waals surface area (Å²) in [5.41, 5.74) is 6.05. The molecule has 0 aliphatic carbocycles. The molecule has 8 heteroatoms. The summed E-state index contributed by atoms with van der Waals surface area (Å²) in [6.45, 7) is 3.88. The third-order valence-corrected chi connectivity index (χ3v) is 3.32. The van der Waals surface area contributed by atoms with Crippen molar-refractivity contribution in [1.29, 1.82) is 5.26 Å². The summed E-state index contributed by atoms with van der Waals surface area (Å²) >= 11 is 1.08. The molecule has 7 nitrogen and oxygen atoms in total. The van der Waals surface area contributed by atoms with Crippen molar-refractivity contribution in [1.82, 2.24) is 0 Å². The van der Waals surface area contributed by atoms with Gasteiger partial charge in [-0.25, -0.2) is 9.78 Å². The van der Waals surface area contributed by atoms with Crippen LogP contribution >= 0.6 is 11.8 Å². The van der Waals surface area contributed by atoms with Crippen LogP contribution in [0.4, 0.5) is 5.82 Å². The Morgan fingerprint density at radius 3 is 2.62 bits per heavy atom. The van der Waals surface area contributed by atoms with Crippen molar-refractivity contribution < 1.29 is 24.0 Å². The van der Waals surface area contributed by atoms with Crippen LogP contribution in [0.5, 0.6) is 0 Å². The average Bonchev–Trinajstić information content (AvgIpc) is 2.45. The number of nitrogens with one attached hydrogen (secondary N) is 1. The lowest BCUT2D eigenvalue weighted by atomic mass is 10.2. The van der Waals surface area contributed by atoms with Crippen molar-refractivity contribution in [3.05, 3.63) is 17.2 Å². The second-order valence-electron chi connectivity index (χ2n) is 3.77. The number of anilines is 1. The van der Waals surface area contributed by atoms with Gasteiger partial charge in [-0.3, -0.25) is 10.5 Å². The number of thioether (sulfide) groups is 1. The maximum absolute atomic E-state index is 11.7. The number of nitrogen functional groups attached to an aromatic ring is 1. The largest absolute Gasteiger partial charge is 0.465 e. The minimum Gasteiger partial charge on any atom is -0.465 e. The van der Waals surface area contributed by atoms with Crippen LogP contribution in [0.3, 0.4) is 0 Å². The fourth-order valence-electron chi connectivity index (χ4n) is 1.45. The second-order valence-corrected chi connectivity index (χ2v) is 4.75. The summed E-state index contributed by atoms with van der Waals surface area (Å²) in [7, 11) is 0. The monoisotopic (exact) mass is 310 g/mol. The SMILES string of the molecule is CCOC(=O)CSc1[nH+]c(N)c(C(=O)OCC)cc1C#N. The van der Waals surface area contributed by atoms with Crippen molar-refractivity contribution in [2.45, 2.75) is 18.9 Å². The number of pyridine rings is 1. The summed E-state index contributed by atoms with van der Waals surface area (Å²) in [6.07, 6.45) is 0. The highest BCUT2D eigenvalue weighted by Gasteiger charge is 2.21. The molecule has 0 aliphatic heterocycles. The van der Waals surface area contributed by atoms with E-state index in [-0.39, 0.29) is 35.9 Å². The van der Waals surface area contributed by atoms with E-state index in [0.29, 0.717) is 5.03 Å². The maximum Gasteiger partial charge on any atom is 0.346 e. The smallest absolute Gasteiger partial charge is 0.346 e.